The van der Waals surface area contributed by atoms with Gasteiger partial charge < -0.3 is 34.3 Å². The molecule has 0 saturated carbocycles. The van der Waals surface area contributed by atoms with Crippen LogP contribution in [0.2, 0.25) is 0 Å². The molecule has 13 heteroatoms. The van der Waals surface area contributed by atoms with Crippen LogP contribution in [0.3, 0.4) is 0 Å². The van der Waals surface area contributed by atoms with Crippen molar-refractivity contribution < 1.29 is 56.2 Å². The van der Waals surface area contributed by atoms with Crippen molar-refractivity contribution in [3.63, 3.8) is 0 Å². The van der Waals surface area contributed by atoms with Gasteiger partial charge in [0.1, 0.15) is 30.5 Å². The van der Waals surface area contributed by atoms with Gasteiger partial charge in [0.2, 0.25) is 0 Å². The van der Waals surface area contributed by atoms with Gasteiger partial charge in [-0.25, -0.2) is 4.18 Å². The topological polar surface area (TPSA) is 178 Å². The maximum Gasteiger partial charge on any atom is 0.397 e. The fraction of sp³-hybridized carbons (Fsp3) is 0.854. The third kappa shape index (κ3) is 33.5. The highest BCUT2D eigenvalue weighted by atomic mass is 32.3. The Kier molecular flexibility index (Phi) is 37.5. The Morgan fingerprint density at radius 2 is 1.11 bits per heavy atom. The highest BCUT2D eigenvalue weighted by Crippen LogP contribution is 2.26. The van der Waals surface area contributed by atoms with Crippen molar-refractivity contribution in [2.24, 2.45) is 0 Å². The molecule has 12 nitrogen and oxygen atoms in total. The molecule has 0 aromatic heterocycles. The lowest BCUT2D eigenvalue weighted by Gasteiger charge is -2.41. The largest absolute Gasteiger partial charge is 0.457 e. The number of allylic oxidation sites excluding steroid dienone is 6. The Morgan fingerprint density at radius 1 is 0.623 bits per heavy atom. The van der Waals surface area contributed by atoms with E-state index in [1.54, 1.807) is 0 Å². The van der Waals surface area contributed by atoms with Crippen LogP contribution in [0.5, 0.6) is 0 Å². The minimum absolute atomic E-state index is 0.0325. The molecule has 61 heavy (non-hydrogen) atoms. The maximum absolute atomic E-state index is 12.8. The Hall–Kier alpha value is -1.68. The number of hydrogen-bond acceptors (Lipinski definition) is 11. The van der Waals surface area contributed by atoms with Crippen molar-refractivity contribution >= 4 is 16.4 Å². The molecule has 0 amide bonds. The van der Waals surface area contributed by atoms with Crippen LogP contribution in [0.4, 0.5) is 0 Å². The first-order valence-corrected chi connectivity index (χ1v) is 25.6. The van der Waals surface area contributed by atoms with Gasteiger partial charge in [-0.2, -0.15) is 8.42 Å². The molecule has 358 valence electrons. The second kappa shape index (κ2) is 39.9. The molecular formula is C48H88O12S. The number of rotatable bonds is 42. The molecule has 6 unspecified atom stereocenters. The lowest BCUT2D eigenvalue weighted by Crippen LogP contribution is -2.60. The van der Waals surface area contributed by atoms with Crippen LogP contribution < -0.4 is 0 Å². The van der Waals surface area contributed by atoms with Crippen molar-refractivity contribution in [2.75, 3.05) is 26.4 Å². The fourth-order valence-corrected chi connectivity index (χ4v) is 7.80. The normalized spacial score (nSPS) is 20.4. The van der Waals surface area contributed by atoms with E-state index < -0.39 is 59.8 Å². The molecule has 1 heterocycles. The fourth-order valence-electron chi connectivity index (χ4n) is 7.29. The van der Waals surface area contributed by atoms with Gasteiger partial charge in [0.05, 0.1) is 19.8 Å². The van der Waals surface area contributed by atoms with Gasteiger partial charge in [0.15, 0.2) is 6.29 Å². The molecule has 1 saturated heterocycles. The average molecular weight is 889 g/mol. The Labute approximate surface area is 371 Å². The van der Waals surface area contributed by atoms with E-state index in [4.69, 9.17) is 23.5 Å². The average Bonchev–Trinajstić information content (AvgIpc) is 3.23. The number of aliphatic hydroxyl groups is 3. The first kappa shape index (κ1) is 57.3. The predicted molar refractivity (Wildman–Crippen MR) is 243 cm³/mol. The molecule has 0 aromatic rings. The van der Waals surface area contributed by atoms with E-state index in [0.29, 0.717) is 13.0 Å². The van der Waals surface area contributed by atoms with Crippen LogP contribution in [-0.4, -0.2) is 97.5 Å². The van der Waals surface area contributed by atoms with Gasteiger partial charge in [-0.15, -0.1) is 0 Å². The summed E-state index contributed by atoms with van der Waals surface area (Å²) < 4.78 is 59.0. The minimum atomic E-state index is -5.06. The Bertz CT molecular complexity index is 1210. The van der Waals surface area contributed by atoms with Crippen molar-refractivity contribution in [1.29, 1.82) is 0 Å². The lowest BCUT2D eigenvalue weighted by molar-refractivity contribution is -0.301. The van der Waals surface area contributed by atoms with E-state index in [0.717, 1.165) is 70.6 Å². The molecular weight excluding hydrogens is 801 g/mol. The Balaban J connectivity index is 2.30. The first-order valence-electron chi connectivity index (χ1n) is 24.2. The van der Waals surface area contributed by atoms with E-state index in [-0.39, 0.29) is 19.6 Å². The third-order valence-electron chi connectivity index (χ3n) is 11.0. The standard InChI is InChI=1S/C48H88O12S/c1-3-5-7-9-11-13-15-16-17-18-19-20-21-22-23-24-25-26-27-28-30-32-34-36-38-56-40-42(58-44(50)37-35-33-31-29-14-12-10-8-6-4-2)41-57-48-46(52)47(60-61(53,54)55)45(51)43(39-49)59-48/h8,10,15-16,18-19,42-43,45-49,51-52H,3-7,9,11-14,17,20-41H2,1-2H3,(H,53,54,55)/b10-8-,16-15-,19-18-. The van der Waals surface area contributed by atoms with E-state index in [2.05, 4.69) is 54.5 Å². The summed E-state index contributed by atoms with van der Waals surface area (Å²) in [7, 11) is -5.06. The van der Waals surface area contributed by atoms with Gasteiger partial charge in [0, 0.05) is 13.0 Å². The molecule has 1 fully saturated rings. The summed E-state index contributed by atoms with van der Waals surface area (Å²) >= 11 is 0. The molecule has 0 aromatic carbocycles. The van der Waals surface area contributed by atoms with E-state index in [9.17, 15) is 28.5 Å². The minimum Gasteiger partial charge on any atom is -0.457 e. The number of unbranched alkanes of at least 4 members (excludes halogenated alkanes) is 23. The summed E-state index contributed by atoms with van der Waals surface area (Å²) in [6.07, 6.45) is 37.7. The summed E-state index contributed by atoms with van der Waals surface area (Å²) in [6.45, 7) is 3.91. The maximum atomic E-state index is 12.8. The number of aliphatic hydroxyl groups excluding tert-OH is 3. The van der Waals surface area contributed by atoms with E-state index in [1.807, 2.05) is 0 Å². The van der Waals surface area contributed by atoms with Crippen LogP contribution in [0.15, 0.2) is 36.5 Å². The smallest absolute Gasteiger partial charge is 0.397 e. The summed E-state index contributed by atoms with van der Waals surface area (Å²) in [6, 6.07) is 0. The zero-order valence-corrected chi connectivity index (χ0v) is 39.0. The molecule has 0 spiro atoms. The van der Waals surface area contributed by atoms with Crippen molar-refractivity contribution in [1.82, 2.24) is 0 Å². The zero-order valence-electron chi connectivity index (χ0n) is 38.2. The Morgan fingerprint density at radius 3 is 1.64 bits per heavy atom. The summed E-state index contributed by atoms with van der Waals surface area (Å²) in [4.78, 5) is 12.8. The summed E-state index contributed by atoms with van der Waals surface area (Å²) in [5.41, 5.74) is 0. The second-order valence-corrected chi connectivity index (χ2v) is 17.7. The molecule has 4 N–H and O–H groups in total. The highest BCUT2D eigenvalue weighted by Gasteiger charge is 2.48. The molecule has 0 aliphatic carbocycles. The molecule has 0 radical (unpaired) electrons. The first-order chi connectivity index (χ1) is 29.6. The summed E-state index contributed by atoms with van der Waals surface area (Å²) in [5.74, 6) is -0.411. The van der Waals surface area contributed by atoms with Crippen LogP contribution in [0.25, 0.3) is 0 Å². The van der Waals surface area contributed by atoms with Gasteiger partial charge in [0.25, 0.3) is 0 Å². The van der Waals surface area contributed by atoms with Crippen LogP contribution >= 0.6 is 0 Å². The molecule has 6 atom stereocenters. The van der Waals surface area contributed by atoms with E-state index in [1.165, 1.54) is 103 Å². The monoisotopic (exact) mass is 889 g/mol. The second-order valence-electron chi connectivity index (χ2n) is 16.7. The van der Waals surface area contributed by atoms with Gasteiger partial charge in [-0.1, -0.05) is 166 Å². The molecule has 1 aliphatic heterocycles. The summed E-state index contributed by atoms with van der Waals surface area (Å²) in [5, 5.41) is 30.6. The predicted octanol–water partition coefficient (Wildman–Crippen LogP) is 10.6. The number of hydrogen-bond donors (Lipinski definition) is 4. The number of ether oxygens (including phenoxy) is 4. The zero-order chi connectivity index (χ0) is 44.7. The number of carbonyl (C=O) groups is 1. The van der Waals surface area contributed by atoms with Crippen molar-refractivity contribution in [3.8, 4) is 0 Å². The van der Waals surface area contributed by atoms with Gasteiger partial charge >= 0.3 is 16.4 Å². The molecule has 0 bridgehead atoms. The van der Waals surface area contributed by atoms with Crippen molar-refractivity contribution in [3.05, 3.63) is 36.5 Å². The van der Waals surface area contributed by atoms with Gasteiger partial charge in [-0.3, -0.25) is 9.35 Å². The quantitative estimate of drug-likeness (QED) is 0.0198. The third-order valence-corrected chi connectivity index (χ3v) is 11.4. The highest BCUT2D eigenvalue weighted by molar-refractivity contribution is 7.80. The number of carbonyl (C=O) groups excluding carboxylic acids is 1. The van der Waals surface area contributed by atoms with Crippen LogP contribution in [0.1, 0.15) is 200 Å². The van der Waals surface area contributed by atoms with Crippen molar-refractivity contribution in [2.45, 2.75) is 237 Å². The SMILES string of the molecule is CCC/C=C\CCCCCCCC(=O)OC(COCCCCCCCCCCCCCC/C=C\C/C=C\CCCCCCC)COC1OC(CO)C(O)C(OS(=O)(=O)O)C1O. The molecule has 1 rings (SSSR count). The van der Waals surface area contributed by atoms with Gasteiger partial charge in [-0.05, 0) is 64.2 Å². The lowest BCUT2D eigenvalue weighted by atomic mass is 9.99. The molecule has 1 aliphatic rings. The van der Waals surface area contributed by atoms with E-state index >= 15 is 0 Å². The van der Waals surface area contributed by atoms with Crippen LogP contribution in [-0.2, 0) is 38.3 Å². The number of esters is 1. The van der Waals surface area contributed by atoms with Crippen LogP contribution in [0, 0.1) is 0 Å².